The number of thiazole rings is 1. The third-order valence-electron chi connectivity index (χ3n) is 6.42. The molecule has 0 aliphatic carbocycles. The van der Waals surface area contributed by atoms with Gasteiger partial charge in [0.15, 0.2) is 0 Å². The van der Waals surface area contributed by atoms with Gasteiger partial charge in [-0.2, -0.15) is 9.41 Å². The third-order valence-corrected chi connectivity index (χ3v) is 10.1. The molecule has 2 aromatic heterocycles. The summed E-state index contributed by atoms with van der Waals surface area (Å²) in [4.78, 5) is 6.20. The predicted molar refractivity (Wildman–Crippen MR) is 144 cm³/mol. The summed E-state index contributed by atoms with van der Waals surface area (Å²) in [6.07, 6.45) is 0.690. The Morgan fingerprint density at radius 2 is 1.73 bits per heavy atom. The maximum Gasteiger partial charge on any atom is 0.243 e. The van der Waals surface area contributed by atoms with Crippen molar-refractivity contribution in [3.8, 4) is 11.3 Å². The van der Waals surface area contributed by atoms with Gasteiger partial charge in [-0.25, -0.2) is 22.8 Å². The summed E-state index contributed by atoms with van der Waals surface area (Å²) in [6.45, 7) is 1.53. The SMILES string of the molecule is O=S(=O)(c1ccc(-c2csc(N3N=C(c4cccs4)C[C@H]3c3ccc(F)cc3)n2)cc1)N1CCOCC1. The van der Waals surface area contributed by atoms with Crippen LogP contribution in [0.1, 0.15) is 22.9 Å². The van der Waals surface area contributed by atoms with Crippen molar-refractivity contribution in [3.05, 3.63) is 87.7 Å². The van der Waals surface area contributed by atoms with Gasteiger partial charge < -0.3 is 4.74 Å². The normalized spacial score (nSPS) is 18.8. The molecule has 0 radical (unpaired) electrons. The number of nitrogens with zero attached hydrogens (tertiary/aromatic N) is 4. The number of hydrogen-bond acceptors (Lipinski definition) is 8. The summed E-state index contributed by atoms with van der Waals surface area (Å²) in [7, 11) is -3.55. The predicted octanol–water partition coefficient (Wildman–Crippen LogP) is 5.39. The molecule has 6 rings (SSSR count). The number of sulfonamides is 1. The largest absolute Gasteiger partial charge is 0.379 e. The number of hydrazone groups is 1. The first-order chi connectivity index (χ1) is 18.0. The minimum atomic E-state index is -3.55. The summed E-state index contributed by atoms with van der Waals surface area (Å²) in [6, 6.07) is 17.3. The highest BCUT2D eigenvalue weighted by Gasteiger charge is 2.32. The average molecular weight is 555 g/mol. The summed E-state index contributed by atoms with van der Waals surface area (Å²) in [5, 5.41) is 11.5. The molecule has 1 atom stereocenters. The van der Waals surface area contributed by atoms with Crippen molar-refractivity contribution in [2.75, 3.05) is 31.3 Å². The van der Waals surface area contributed by atoms with E-state index in [4.69, 9.17) is 14.8 Å². The quantitative estimate of drug-likeness (QED) is 0.320. The molecule has 2 aromatic carbocycles. The fraction of sp³-hybridized carbons (Fsp3) is 0.231. The number of rotatable bonds is 6. The molecule has 4 aromatic rings. The first kappa shape index (κ1) is 24.4. The second-order valence-corrected chi connectivity index (χ2v) is 12.4. The van der Waals surface area contributed by atoms with Crippen molar-refractivity contribution in [2.24, 2.45) is 5.10 Å². The number of anilines is 1. The zero-order valence-electron chi connectivity index (χ0n) is 19.7. The lowest BCUT2D eigenvalue weighted by molar-refractivity contribution is 0.0730. The first-order valence-electron chi connectivity index (χ1n) is 11.8. The lowest BCUT2D eigenvalue weighted by Crippen LogP contribution is -2.40. The Labute approximate surface area is 222 Å². The molecule has 0 N–H and O–H groups in total. The molecule has 4 heterocycles. The molecule has 2 aliphatic heterocycles. The molecule has 7 nitrogen and oxygen atoms in total. The lowest BCUT2D eigenvalue weighted by atomic mass is 10.0. The minimum Gasteiger partial charge on any atom is -0.379 e. The summed E-state index contributed by atoms with van der Waals surface area (Å²) in [5.41, 5.74) is 3.50. The van der Waals surface area contributed by atoms with Crippen molar-refractivity contribution >= 4 is 43.5 Å². The average Bonchev–Trinajstić information content (AvgIpc) is 3.70. The molecule has 37 heavy (non-hydrogen) atoms. The van der Waals surface area contributed by atoms with Gasteiger partial charge in [-0.1, -0.05) is 30.3 Å². The molecule has 1 saturated heterocycles. The second-order valence-electron chi connectivity index (χ2n) is 8.70. The fourth-order valence-electron chi connectivity index (χ4n) is 4.46. The minimum absolute atomic E-state index is 0.0993. The van der Waals surface area contributed by atoms with Crippen LogP contribution in [0.25, 0.3) is 11.3 Å². The number of morpholine rings is 1. The number of ether oxygens (including phenoxy) is 1. The summed E-state index contributed by atoms with van der Waals surface area (Å²) in [5.74, 6) is -0.275. The Morgan fingerprint density at radius 1 is 0.973 bits per heavy atom. The molecular formula is C26H23FN4O3S3. The Bertz CT molecular complexity index is 1510. The van der Waals surface area contributed by atoms with Crippen molar-refractivity contribution in [1.29, 1.82) is 0 Å². The van der Waals surface area contributed by atoms with E-state index in [9.17, 15) is 12.8 Å². The van der Waals surface area contributed by atoms with Crippen LogP contribution < -0.4 is 5.01 Å². The maximum atomic E-state index is 13.6. The van der Waals surface area contributed by atoms with Gasteiger partial charge in [-0.3, -0.25) is 0 Å². The smallest absolute Gasteiger partial charge is 0.243 e. The number of hydrogen-bond donors (Lipinski definition) is 0. The molecule has 0 saturated carbocycles. The van der Waals surface area contributed by atoms with Gasteiger partial charge in [0.05, 0.1) is 40.4 Å². The van der Waals surface area contributed by atoms with Gasteiger partial charge in [0, 0.05) is 30.5 Å². The van der Waals surface area contributed by atoms with Crippen LogP contribution in [0.5, 0.6) is 0 Å². The van der Waals surface area contributed by atoms with Crippen LogP contribution in [0.2, 0.25) is 0 Å². The van der Waals surface area contributed by atoms with Gasteiger partial charge in [-0.05, 0) is 41.3 Å². The van der Waals surface area contributed by atoms with Crippen molar-refractivity contribution in [1.82, 2.24) is 9.29 Å². The van der Waals surface area contributed by atoms with Crippen molar-refractivity contribution in [2.45, 2.75) is 17.4 Å². The second kappa shape index (κ2) is 10.1. The van der Waals surface area contributed by atoms with Gasteiger partial charge in [0.25, 0.3) is 0 Å². The van der Waals surface area contributed by atoms with E-state index in [2.05, 4.69) is 6.07 Å². The highest BCUT2D eigenvalue weighted by Crippen LogP contribution is 2.40. The van der Waals surface area contributed by atoms with Crippen LogP contribution in [0.3, 0.4) is 0 Å². The summed E-state index contributed by atoms with van der Waals surface area (Å²) >= 11 is 3.11. The molecule has 11 heteroatoms. The van der Waals surface area contributed by atoms with E-state index in [1.54, 1.807) is 47.7 Å². The number of benzene rings is 2. The van der Waals surface area contributed by atoms with Crippen LogP contribution in [0, 0.1) is 5.82 Å². The Morgan fingerprint density at radius 3 is 2.43 bits per heavy atom. The maximum absolute atomic E-state index is 13.6. The van der Waals surface area contributed by atoms with Crippen molar-refractivity contribution in [3.63, 3.8) is 0 Å². The van der Waals surface area contributed by atoms with E-state index in [1.807, 2.05) is 21.8 Å². The van der Waals surface area contributed by atoms with Gasteiger partial charge >= 0.3 is 0 Å². The van der Waals surface area contributed by atoms with Gasteiger partial charge in [0.2, 0.25) is 15.2 Å². The molecule has 0 amide bonds. The monoisotopic (exact) mass is 554 g/mol. The van der Waals surface area contributed by atoms with Crippen LogP contribution >= 0.6 is 22.7 Å². The van der Waals surface area contributed by atoms with E-state index in [1.165, 1.54) is 27.8 Å². The van der Waals surface area contributed by atoms with Crippen LogP contribution in [0.15, 0.2) is 81.4 Å². The molecule has 0 spiro atoms. The Kier molecular flexibility index (Phi) is 6.63. The Balaban J connectivity index is 1.28. The first-order valence-corrected chi connectivity index (χ1v) is 15.0. The van der Waals surface area contributed by atoms with Crippen LogP contribution in [0.4, 0.5) is 9.52 Å². The van der Waals surface area contributed by atoms with Gasteiger partial charge in [-0.15, -0.1) is 22.7 Å². The molecule has 0 bridgehead atoms. The molecular weight excluding hydrogens is 532 g/mol. The molecule has 0 unspecified atom stereocenters. The van der Waals surface area contributed by atoms with Crippen LogP contribution in [-0.4, -0.2) is 49.7 Å². The molecule has 2 aliphatic rings. The fourth-order valence-corrected chi connectivity index (χ4v) is 7.42. The number of aromatic nitrogens is 1. The van der Waals surface area contributed by atoms with E-state index < -0.39 is 10.0 Å². The zero-order valence-corrected chi connectivity index (χ0v) is 22.1. The van der Waals surface area contributed by atoms with Gasteiger partial charge in [0.1, 0.15) is 5.82 Å². The topological polar surface area (TPSA) is 75.1 Å². The number of thiophene rings is 1. The van der Waals surface area contributed by atoms with E-state index >= 15 is 0 Å². The zero-order chi connectivity index (χ0) is 25.4. The summed E-state index contributed by atoms with van der Waals surface area (Å²) < 4.78 is 46.2. The Hall–Kier alpha value is -2.96. The highest BCUT2D eigenvalue weighted by atomic mass is 32.2. The lowest BCUT2D eigenvalue weighted by Gasteiger charge is -2.26. The van der Waals surface area contributed by atoms with E-state index in [0.29, 0.717) is 32.7 Å². The highest BCUT2D eigenvalue weighted by molar-refractivity contribution is 7.89. The van der Waals surface area contributed by atoms with E-state index in [0.717, 1.165) is 32.5 Å². The third kappa shape index (κ3) is 4.85. The molecule has 1 fully saturated rings. The van der Waals surface area contributed by atoms with Crippen LogP contribution in [-0.2, 0) is 14.8 Å². The number of halogens is 1. The van der Waals surface area contributed by atoms with E-state index in [-0.39, 0.29) is 16.8 Å². The molecule has 190 valence electrons. The van der Waals surface area contributed by atoms with Crippen molar-refractivity contribution < 1.29 is 17.5 Å². The standard InChI is InChI=1S/C26H23FN4O3S3/c27-20-7-3-19(4-8-20)24-16-22(25-2-1-15-35-25)29-31(24)26-28-23(17-36-26)18-5-9-21(10-6-18)37(32,33)30-11-13-34-14-12-30/h1-10,15,17,24H,11-14,16H2/t24-/m0/s1.